The number of pyridine rings is 1. The molecule has 44 heavy (non-hydrogen) atoms. The van der Waals surface area contributed by atoms with Crippen molar-refractivity contribution in [3.05, 3.63) is 76.6 Å². The number of aliphatic carboxylic acids is 2. The van der Waals surface area contributed by atoms with Crippen LogP contribution in [0.3, 0.4) is 0 Å². The molecule has 0 bridgehead atoms. The summed E-state index contributed by atoms with van der Waals surface area (Å²) in [6.45, 7) is 1.91. The Bertz CT molecular complexity index is 1470. The zero-order valence-electron chi connectivity index (χ0n) is 23.8. The van der Waals surface area contributed by atoms with Crippen molar-refractivity contribution < 1.29 is 33.0 Å². The van der Waals surface area contributed by atoms with Gasteiger partial charge in [-0.1, -0.05) is 42.0 Å². The number of halogens is 3. The molecular weight excluding hydrogens is 583 g/mol. The summed E-state index contributed by atoms with van der Waals surface area (Å²) < 4.78 is 39.0. The number of H-pyrrole nitrogens is 2. The molecule has 0 spiro atoms. The van der Waals surface area contributed by atoms with Gasteiger partial charge in [0.1, 0.15) is 0 Å². The zero-order chi connectivity index (χ0) is 31.7. The van der Waals surface area contributed by atoms with E-state index in [4.69, 9.17) is 0 Å². The Kier molecular flexibility index (Phi) is 10.7. The van der Waals surface area contributed by atoms with Gasteiger partial charge >= 0.3 is 18.1 Å². The molecule has 3 heterocycles. The second-order valence-electron chi connectivity index (χ2n) is 10.6. The Morgan fingerprint density at radius 1 is 0.818 bits per heavy atom. The first-order valence-corrected chi connectivity index (χ1v) is 14.1. The van der Waals surface area contributed by atoms with Crippen LogP contribution in [0.1, 0.15) is 78.5 Å². The van der Waals surface area contributed by atoms with Gasteiger partial charge in [0.05, 0.1) is 17.4 Å². The zero-order valence-corrected chi connectivity index (χ0v) is 23.8. The number of benzene rings is 1. The van der Waals surface area contributed by atoms with Gasteiger partial charge in [-0.2, -0.15) is 23.6 Å². The summed E-state index contributed by atoms with van der Waals surface area (Å²) in [5, 5.41) is 47.7. The number of nitrogens with one attached hydrogen (secondary N) is 2. The summed E-state index contributed by atoms with van der Waals surface area (Å²) in [5.41, 5.74) is 1.24. The Labute approximate surface area is 249 Å². The fourth-order valence-electron chi connectivity index (χ4n) is 5.34. The Morgan fingerprint density at radius 2 is 1.39 bits per heavy atom. The molecule has 13 nitrogen and oxygen atoms in total. The van der Waals surface area contributed by atoms with Crippen LogP contribution < -0.4 is 0 Å². The number of aromatic amines is 2. The number of carbonyl (C=O) groups is 2. The number of alkyl halides is 3. The van der Waals surface area contributed by atoms with E-state index in [0.29, 0.717) is 49.2 Å². The number of hydrogen-bond acceptors (Lipinski definition) is 9. The molecule has 1 aromatic carbocycles. The lowest BCUT2D eigenvalue weighted by atomic mass is 9.82. The summed E-state index contributed by atoms with van der Waals surface area (Å²) in [4.78, 5) is 28.8. The molecule has 0 aliphatic heterocycles. The van der Waals surface area contributed by atoms with Crippen LogP contribution in [0.25, 0.3) is 0 Å². The third-order valence-corrected chi connectivity index (χ3v) is 7.62. The highest BCUT2D eigenvalue weighted by Gasteiger charge is 2.34. The molecule has 234 valence electrons. The molecule has 4 atom stereocenters. The Hall–Kier alpha value is -4.76. The van der Waals surface area contributed by atoms with Gasteiger partial charge in [-0.25, -0.2) is 0 Å². The Morgan fingerprint density at radius 3 is 1.86 bits per heavy atom. The number of nitrogens with zero attached hydrogens (tertiary/aromatic N) is 7. The molecule has 4 aromatic rings. The van der Waals surface area contributed by atoms with E-state index in [1.165, 1.54) is 12.1 Å². The molecule has 16 heteroatoms. The summed E-state index contributed by atoms with van der Waals surface area (Å²) in [6.07, 6.45) is -0.0419. The average Bonchev–Trinajstić information content (AvgIpc) is 3.72. The summed E-state index contributed by atoms with van der Waals surface area (Å²) in [5.74, 6) is -4.42. The molecule has 4 N–H and O–H groups in total. The van der Waals surface area contributed by atoms with Crippen LogP contribution in [0.4, 0.5) is 13.2 Å². The van der Waals surface area contributed by atoms with Crippen LogP contribution in [-0.2, 0) is 35.0 Å². The molecule has 0 aliphatic carbocycles. The number of tetrazole rings is 2. The highest BCUT2D eigenvalue weighted by molar-refractivity contribution is 5.71. The second kappa shape index (κ2) is 14.6. The van der Waals surface area contributed by atoms with Gasteiger partial charge in [0.15, 0.2) is 11.6 Å². The number of carboxylic acid groups (broad SMARTS) is 2. The minimum Gasteiger partial charge on any atom is -0.481 e. The van der Waals surface area contributed by atoms with Crippen molar-refractivity contribution in [1.82, 2.24) is 46.2 Å². The standard InChI is InChI=1S/C28H32F3N9O4/c1-2-4-20(26(41)42)23(25-35-39-40-36-25)14-19-12-9-17(15-32-19)5-3-6-21(27(43)44)22(24-33-37-38-34-24)13-16-7-10-18(11-8-16)28(29,30)31/h7-12,15,20-23H,2-6,13-14H2,1H3,(H,41,42)(H,43,44)(H,33,34,37,38)(H,35,36,39,40)/t20-,21-,22-,23-/m0/s1. The molecule has 0 amide bonds. The van der Waals surface area contributed by atoms with Crippen LogP contribution in [-0.4, -0.2) is 68.4 Å². The summed E-state index contributed by atoms with van der Waals surface area (Å²) >= 11 is 0. The molecule has 4 rings (SSSR count). The lowest BCUT2D eigenvalue weighted by molar-refractivity contribution is -0.144. The average molecular weight is 616 g/mol. The molecule has 0 saturated carbocycles. The van der Waals surface area contributed by atoms with Gasteiger partial charge < -0.3 is 10.2 Å². The number of hydrogen-bond donors (Lipinski definition) is 4. The lowest BCUT2D eigenvalue weighted by Gasteiger charge is -2.22. The van der Waals surface area contributed by atoms with E-state index in [9.17, 15) is 33.0 Å². The molecule has 0 unspecified atom stereocenters. The van der Waals surface area contributed by atoms with Gasteiger partial charge in [0.25, 0.3) is 0 Å². The van der Waals surface area contributed by atoms with Crippen LogP contribution in [0.5, 0.6) is 0 Å². The van der Waals surface area contributed by atoms with Crippen molar-refractivity contribution in [2.24, 2.45) is 11.8 Å². The highest BCUT2D eigenvalue weighted by atomic mass is 19.4. The smallest absolute Gasteiger partial charge is 0.416 e. The van der Waals surface area contributed by atoms with Crippen LogP contribution in [0.2, 0.25) is 0 Å². The molecule has 0 fully saturated rings. The highest BCUT2D eigenvalue weighted by Crippen LogP contribution is 2.33. The van der Waals surface area contributed by atoms with Crippen molar-refractivity contribution in [3.8, 4) is 0 Å². The third kappa shape index (κ3) is 8.41. The quantitative estimate of drug-likeness (QED) is 0.142. The first-order valence-electron chi connectivity index (χ1n) is 14.1. The normalized spacial score (nSPS) is 14.5. The minimum absolute atomic E-state index is 0.113. The van der Waals surface area contributed by atoms with Crippen molar-refractivity contribution >= 4 is 11.9 Å². The van der Waals surface area contributed by atoms with Crippen molar-refractivity contribution in [3.63, 3.8) is 0 Å². The van der Waals surface area contributed by atoms with Crippen molar-refractivity contribution in [2.45, 2.75) is 69.9 Å². The Balaban J connectivity index is 1.42. The maximum Gasteiger partial charge on any atom is 0.416 e. The van der Waals surface area contributed by atoms with Crippen LogP contribution >= 0.6 is 0 Å². The molecular formula is C28H32F3N9O4. The largest absolute Gasteiger partial charge is 0.481 e. The molecule has 0 radical (unpaired) electrons. The number of aromatic nitrogens is 9. The number of rotatable bonds is 16. The monoisotopic (exact) mass is 615 g/mol. The van der Waals surface area contributed by atoms with E-state index in [1.54, 1.807) is 12.3 Å². The number of carboxylic acids is 2. The minimum atomic E-state index is -4.48. The van der Waals surface area contributed by atoms with E-state index in [-0.39, 0.29) is 18.7 Å². The van der Waals surface area contributed by atoms with E-state index < -0.39 is 47.3 Å². The maximum atomic E-state index is 13.0. The van der Waals surface area contributed by atoms with Gasteiger partial charge in [-0.05, 0) is 61.4 Å². The molecule has 0 aliphatic rings. The van der Waals surface area contributed by atoms with E-state index in [0.717, 1.165) is 17.7 Å². The first kappa shape index (κ1) is 32.2. The van der Waals surface area contributed by atoms with E-state index in [2.05, 4.69) is 46.2 Å². The second-order valence-corrected chi connectivity index (χ2v) is 10.6. The van der Waals surface area contributed by atoms with E-state index >= 15 is 0 Å². The van der Waals surface area contributed by atoms with Gasteiger partial charge in [0, 0.05) is 30.1 Å². The fraction of sp³-hybridized carbons (Fsp3) is 0.464. The maximum absolute atomic E-state index is 13.0. The van der Waals surface area contributed by atoms with Gasteiger partial charge in [-0.3, -0.25) is 14.6 Å². The van der Waals surface area contributed by atoms with Gasteiger partial charge in [0.2, 0.25) is 0 Å². The predicted molar refractivity (Wildman–Crippen MR) is 147 cm³/mol. The van der Waals surface area contributed by atoms with E-state index in [1.807, 2.05) is 13.0 Å². The fourth-order valence-corrected chi connectivity index (χ4v) is 5.34. The summed E-state index contributed by atoms with van der Waals surface area (Å²) in [7, 11) is 0. The topological polar surface area (TPSA) is 196 Å². The summed E-state index contributed by atoms with van der Waals surface area (Å²) in [6, 6.07) is 8.24. The SMILES string of the molecule is CCC[C@H](C(=O)O)[C@H](Cc1ccc(CCC[C@H](C(=O)O)[C@H](Cc2ccc(C(F)(F)F)cc2)c2nn[nH]n2)cn1)c1nn[nH]n1. The van der Waals surface area contributed by atoms with Gasteiger partial charge in [-0.15, -0.1) is 20.4 Å². The molecule has 3 aromatic heterocycles. The molecule has 0 saturated heterocycles. The van der Waals surface area contributed by atoms with Crippen molar-refractivity contribution in [1.29, 1.82) is 0 Å². The number of aryl methyl sites for hydroxylation is 1. The third-order valence-electron chi connectivity index (χ3n) is 7.62. The van der Waals surface area contributed by atoms with Crippen LogP contribution in [0, 0.1) is 11.8 Å². The lowest BCUT2D eigenvalue weighted by Crippen LogP contribution is -2.25. The van der Waals surface area contributed by atoms with Crippen molar-refractivity contribution in [2.75, 3.05) is 0 Å². The predicted octanol–water partition coefficient (Wildman–Crippen LogP) is 4.00. The van der Waals surface area contributed by atoms with Crippen LogP contribution in [0.15, 0.2) is 42.6 Å². The first-order chi connectivity index (χ1) is 21.1.